The summed E-state index contributed by atoms with van der Waals surface area (Å²) in [5.74, 6) is 0.922. The Bertz CT molecular complexity index is 194. The molecule has 0 aromatic heterocycles. The minimum Gasteiger partial charge on any atom is -0.355 e. The summed E-state index contributed by atoms with van der Waals surface area (Å²) in [5, 5.41) is 2.90. The molecule has 0 spiro atoms. The lowest BCUT2D eigenvalue weighted by Crippen LogP contribution is -2.41. The van der Waals surface area contributed by atoms with Crippen LogP contribution in [0.3, 0.4) is 0 Å². The molecule has 82 valence electrons. The number of rotatable bonds is 4. The van der Waals surface area contributed by atoms with Crippen LogP contribution in [0.4, 0.5) is 0 Å². The van der Waals surface area contributed by atoms with Gasteiger partial charge in [-0.05, 0) is 32.7 Å². The van der Waals surface area contributed by atoms with E-state index in [0.29, 0.717) is 0 Å². The third-order valence-corrected chi connectivity index (χ3v) is 2.99. The second-order valence-corrected chi connectivity index (χ2v) is 4.24. The number of likely N-dealkylation sites (tertiary alicyclic amines) is 1. The van der Waals surface area contributed by atoms with Crippen molar-refractivity contribution in [3.8, 4) is 0 Å². The third kappa shape index (κ3) is 2.71. The number of carbonyl (C=O) groups is 1. The molecule has 0 aliphatic carbocycles. The van der Waals surface area contributed by atoms with E-state index in [1.54, 1.807) is 0 Å². The molecule has 0 bridgehead atoms. The molecule has 3 heteroatoms. The predicted octanol–water partition coefficient (Wildman–Crippen LogP) is 1.24. The van der Waals surface area contributed by atoms with Gasteiger partial charge >= 0.3 is 0 Å². The van der Waals surface area contributed by atoms with E-state index in [-0.39, 0.29) is 11.9 Å². The van der Waals surface area contributed by atoms with Crippen LogP contribution in [0.1, 0.15) is 33.1 Å². The highest BCUT2D eigenvalue weighted by atomic mass is 16.2. The Morgan fingerprint density at radius 2 is 2.21 bits per heavy atom. The molecule has 1 saturated heterocycles. The average Bonchev–Trinajstić information content (AvgIpc) is 2.48. The highest BCUT2D eigenvalue weighted by molar-refractivity contribution is 5.81. The van der Waals surface area contributed by atoms with Crippen molar-refractivity contribution in [2.24, 2.45) is 5.92 Å². The molecule has 1 amide bonds. The largest absolute Gasteiger partial charge is 0.355 e. The van der Waals surface area contributed by atoms with Gasteiger partial charge in [0.15, 0.2) is 0 Å². The van der Waals surface area contributed by atoms with Crippen molar-refractivity contribution in [2.45, 2.75) is 39.2 Å². The average molecular weight is 198 g/mol. The molecule has 14 heavy (non-hydrogen) atoms. The summed E-state index contributed by atoms with van der Waals surface area (Å²) in [4.78, 5) is 13.8. The van der Waals surface area contributed by atoms with Crippen LogP contribution in [-0.2, 0) is 4.79 Å². The van der Waals surface area contributed by atoms with E-state index in [2.05, 4.69) is 24.2 Å². The summed E-state index contributed by atoms with van der Waals surface area (Å²) >= 11 is 0. The lowest BCUT2D eigenvalue weighted by Gasteiger charge is -2.17. The van der Waals surface area contributed by atoms with Gasteiger partial charge in [-0.2, -0.15) is 0 Å². The van der Waals surface area contributed by atoms with E-state index in [9.17, 15) is 4.79 Å². The Labute approximate surface area is 86.9 Å². The van der Waals surface area contributed by atoms with E-state index in [1.807, 2.05) is 6.92 Å². The van der Waals surface area contributed by atoms with E-state index >= 15 is 0 Å². The van der Waals surface area contributed by atoms with Crippen molar-refractivity contribution < 1.29 is 4.79 Å². The van der Waals surface area contributed by atoms with Crippen molar-refractivity contribution >= 4 is 5.91 Å². The van der Waals surface area contributed by atoms with Gasteiger partial charge in [0, 0.05) is 13.1 Å². The van der Waals surface area contributed by atoms with Gasteiger partial charge < -0.3 is 5.32 Å². The predicted molar refractivity (Wildman–Crippen MR) is 58.1 cm³/mol. The van der Waals surface area contributed by atoms with E-state index in [4.69, 9.17) is 0 Å². The SMILES string of the molecule is CCC[C@@H]1CC(C(=O)NCC)N(C)C1. The Balaban J connectivity index is 2.43. The van der Waals surface area contributed by atoms with Gasteiger partial charge in [-0.1, -0.05) is 13.3 Å². The van der Waals surface area contributed by atoms with Crippen molar-refractivity contribution in [3.05, 3.63) is 0 Å². The number of amides is 1. The quantitative estimate of drug-likeness (QED) is 0.737. The van der Waals surface area contributed by atoms with Gasteiger partial charge in [-0.3, -0.25) is 9.69 Å². The maximum atomic E-state index is 11.7. The van der Waals surface area contributed by atoms with Crippen LogP contribution in [0, 0.1) is 5.92 Å². The van der Waals surface area contributed by atoms with Crippen LogP contribution < -0.4 is 5.32 Å². The van der Waals surface area contributed by atoms with E-state index in [0.717, 1.165) is 25.4 Å². The van der Waals surface area contributed by atoms with Crippen molar-refractivity contribution in [3.63, 3.8) is 0 Å². The smallest absolute Gasteiger partial charge is 0.237 e. The molecule has 0 radical (unpaired) electrons. The summed E-state index contributed by atoms with van der Waals surface area (Å²) in [5.41, 5.74) is 0. The monoisotopic (exact) mass is 198 g/mol. The fraction of sp³-hybridized carbons (Fsp3) is 0.909. The van der Waals surface area contributed by atoms with Crippen LogP contribution >= 0.6 is 0 Å². The number of nitrogens with zero attached hydrogens (tertiary/aromatic N) is 1. The van der Waals surface area contributed by atoms with Gasteiger partial charge in [0.1, 0.15) is 0 Å². The molecule has 0 saturated carbocycles. The highest BCUT2D eigenvalue weighted by Crippen LogP contribution is 2.25. The number of hydrogen-bond acceptors (Lipinski definition) is 2. The van der Waals surface area contributed by atoms with Crippen molar-refractivity contribution in [1.29, 1.82) is 0 Å². The van der Waals surface area contributed by atoms with Crippen LogP contribution in [-0.4, -0.2) is 37.0 Å². The zero-order chi connectivity index (χ0) is 10.6. The second-order valence-electron chi connectivity index (χ2n) is 4.24. The molecule has 0 aromatic rings. The minimum absolute atomic E-state index is 0.117. The van der Waals surface area contributed by atoms with Gasteiger partial charge in [0.05, 0.1) is 6.04 Å². The van der Waals surface area contributed by atoms with Crippen LogP contribution in [0.2, 0.25) is 0 Å². The molecular formula is C11H22N2O. The lowest BCUT2D eigenvalue weighted by molar-refractivity contribution is -0.124. The standard InChI is InChI=1S/C11H22N2O/c1-4-6-9-7-10(13(3)8-9)11(14)12-5-2/h9-10H,4-8H2,1-3H3,(H,12,14)/t9-,10?/m1/s1. The van der Waals surface area contributed by atoms with Gasteiger partial charge in [-0.15, -0.1) is 0 Å². The Hall–Kier alpha value is -0.570. The number of likely N-dealkylation sites (N-methyl/N-ethyl adjacent to an activating group) is 2. The fourth-order valence-electron chi connectivity index (χ4n) is 2.32. The Kier molecular flexibility index (Phi) is 4.39. The number of hydrogen-bond donors (Lipinski definition) is 1. The molecule has 0 aromatic carbocycles. The molecule has 1 N–H and O–H groups in total. The summed E-state index contributed by atoms with van der Waals surface area (Å²) in [7, 11) is 2.05. The first-order valence-corrected chi connectivity index (χ1v) is 5.67. The molecule has 1 aliphatic heterocycles. The van der Waals surface area contributed by atoms with Crippen molar-refractivity contribution in [1.82, 2.24) is 10.2 Å². The zero-order valence-corrected chi connectivity index (χ0v) is 9.55. The highest BCUT2D eigenvalue weighted by Gasteiger charge is 2.33. The maximum absolute atomic E-state index is 11.7. The number of nitrogens with one attached hydrogen (secondary N) is 1. The molecule has 3 nitrogen and oxygen atoms in total. The summed E-state index contributed by atoms with van der Waals surface area (Å²) in [6.45, 7) is 5.99. The van der Waals surface area contributed by atoms with Crippen LogP contribution in [0.5, 0.6) is 0 Å². The summed E-state index contributed by atoms with van der Waals surface area (Å²) < 4.78 is 0. The second kappa shape index (κ2) is 5.35. The van der Waals surface area contributed by atoms with Crippen LogP contribution in [0.25, 0.3) is 0 Å². The Morgan fingerprint density at radius 1 is 1.50 bits per heavy atom. The normalized spacial score (nSPS) is 27.9. The van der Waals surface area contributed by atoms with Gasteiger partial charge in [0.25, 0.3) is 0 Å². The molecular weight excluding hydrogens is 176 g/mol. The minimum atomic E-state index is 0.117. The Morgan fingerprint density at radius 3 is 2.79 bits per heavy atom. The molecule has 2 atom stereocenters. The summed E-state index contributed by atoms with van der Waals surface area (Å²) in [6.07, 6.45) is 3.51. The molecule has 1 heterocycles. The van der Waals surface area contributed by atoms with Crippen LogP contribution in [0.15, 0.2) is 0 Å². The zero-order valence-electron chi connectivity index (χ0n) is 9.55. The van der Waals surface area contributed by atoms with Gasteiger partial charge in [-0.25, -0.2) is 0 Å². The lowest BCUT2D eigenvalue weighted by atomic mass is 10.0. The molecule has 1 rings (SSSR count). The molecule has 1 unspecified atom stereocenters. The van der Waals surface area contributed by atoms with E-state index < -0.39 is 0 Å². The molecule has 1 fully saturated rings. The van der Waals surface area contributed by atoms with Gasteiger partial charge in [0.2, 0.25) is 5.91 Å². The summed E-state index contributed by atoms with van der Waals surface area (Å²) in [6, 6.07) is 0.117. The van der Waals surface area contributed by atoms with E-state index in [1.165, 1.54) is 12.8 Å². The first-order chi connectivity index (χ1) is 6.69. The first-order valence-electron chi connectivity index (χ1n) is 5.67. The fourth-order valence-corrected chi connectivity index (χ4v) is 2.32. The molecule has 1 aliphatic rings. The maximum Gasteiger partial charge on any atom is 0.237 e. The first kappa shape index (κ1) is 11.5. The number of carbonyl (C=O) groups excluding carboxylic acids is 1. The topological polar surface area (TPSA) is 32.3 Å². The van der Waals surface area contributed by atoms with Crippen molar-refractivity contribution in [2.75, 3.05) is 20.1 Å². The third-order valence-electron chi connectivity index (χ3n) is 2.99.